The molecular formula is C30H29N3O2S2. The first-order chi connectivity index (χ1) is 18.1. The van der Waals surface area contributed by atoms with Crippen molar-refractivity contribution in [3.63, 3.8) is 0 Å². The van der Waals surface area contributed by atoms with Crippen LogP contribution in [0.25, 0.3) is 12.2 Å². The van der Waals surface area contributed by atoms with Gasteiger partial charge in [0.1, 0.15) is 10.7 Å². The SMILES string of the molecule is CCCCN1C(=O)/C(=C2\Sc3ccc(OC)cc3N2C)SC1=Nc1ccc(/C=C/c2ccccc2)cc1. The summed E-state index contributed by atoms with van der Waals surface area (Å²) in [4.78, 5) is 24.2. The number of amides is 1. The van der Waals surface area contributed by atoms with Crippen LogP contribution in [0.3, 0.4) is 0 Å². The average Bonchev–Trinajstić information content (AvgIpc) is 3.42. The maximum Gasteiger partial charge on any atom is 0.269 e. The van der Waals surface area contributed by atoms with Gasteiger partial charge in [-0.25, -0.2) is 4.99 Å². The zero-order valence-corrected chi connectivity index (χ0v) is 22.8. The topological polar surface area (TPSA) is 45.1 Å². The van der Waals surface area contributed by atoms with E-state index in [2.05, 4.69) is 48.2 Å². The second-order valence-corrected chi connectivity index (χ2v) is 10.8. The summed E-state index contributed by atoms with van der Waals surface area (Å²) >= 11 is 3.09. The Labute approximate surface area is 226 Å². The highest BCUT2D eigenvalue weighted by atomic mass is 32.2. The molecule has 2 aliphatic rings. The van der Waals surface area contributed by atoms with Gasteiger partial charge in [-0.05, 0) is 53.6 Å². The van der Waals surface area contributed by atoms with Crippen molar-refractivity contribution in [1.82, 2.24) is 4.90 Å². The smallest absolute Gasteiger partial charge is 0.269 e. The third-order valence-electron chi connectivity index (χ3n) is 6.22. The van der Waals surface area contributed by atoms with Gasteiger partial charge in [-0.1, -0.05) is 79.7 Å². The minimum absolute atomic E-state index is 0.0220. The Morgan fingerprint density at radius 1 is 0.946 bits per heavy atom. The van der Waals surface area contributed by atoms with E-state index in [1.165, 1.54) is 11.8 Å². The van der Waals surface area contributed by atoms with Crippen molar-refractivity contribution in [2.45, 2.75) is 24.7 Å². The lowest BCUT2D eigenvalue weighted by atomic mass is 10.1. The maximum atomic E-state index is 13.6. The number of carbonyl (C=O) groups is 1. The first-order valence-corrected chi connectivity index (χ1v) is 14.0. The van der Waals surface area contributed by atoms with Gasteiger partial charge in [-0.3, -0.25) is 9.69 Å². The molecule has 2 aliphatic heterocycles. The van der Waals surface area contributed by atoms with Crippen LogP contribution >= 0.6 is 23.5 Å². The van der Waals surface area contributed by atoms with E-state index in [4.69, 9.17) is 9.73 Å². The number of thioether (sulfide) groups is 2. The van der Waals surface area contributed by atoms with Crippen LogP contribution in [0.2, 0.25) is 0 Å². The number of rotatable bonds is 7. The highest BCUT2D eigenvalue weighted by Gasteiger charge is 2.39. The Morgan fingerprint density at radius 2 is 1.68 bits per heavy atom. The Morgan fingerprint density at radius 3 is 2.38 bits per heavy atom. The summed E-state index contributed by atoms with van der Waals surface area (Å²) < 4.78 is 5.40. The molecule has 1 saturated heterocycles. The van der Waals surface area contributed by atoms with Crippen LogP contribution in [0.15, 0.2) is 92.6 Å². The average molecular weight is 528 g/mol. The number of benzene rings is 3. The number of hydrogen-bond acceptors (Lipinski definition) is 6. The number of hydrogen-bond donors (Lipinski definition) is 0. The number of ether oxygens (including phenoxy) is 1. The molecule has 0 atom stereocenters. The van der Waals surface area contributed by atoms with E-state index < -0.39 is 0 Å². The molecule has 5 rings (SSSR count). The van der Waals surface area contributed by atoms with Crippen molar-refractivity contribution < 1.29 is 9.53 Å². The van der Waals surface area contributed by atoms with E-state index in [-0.39, 0.29) is 5.91 Å². The van der Waals surface area contributed by atoms with E-state index in [0.29, 0.717) is 6.54 Å². The van der Waals surface area contributed by atoms with Gasteiger partial charge in [0, 0.05) is 24.6 Å². The third kappa shape index (κ3) is 5.48. The molecule has 1 amide bonds. The van der Waals surface area contributed by atoms with Gasteiger partial charge in [0.25, 0.3) is 5.91 Å². The fraction of sp³-hybridized carbons (Fsp3) is 0.200. The summed E-state index contributed by atoms with van der Waals surface area (Å²) in [6.07, 6.45) is 6.13. The van der Waals surface area contributed by atoms with Crippen molar-refractivity contribution in [3.8, 4) is 5.75 Å². The molecule has 7 heteroatoms. The zero-order chi connectivity index (χ0) is 25.8. The maximum absolute atomic E-state index is 13.6. The zero-order valence-electron chi connectivity index (χ0n) is 21.2. The standard InChI is InChI=1S/C30H29N3O2S2/c1-4-5-19-33-28(34)27(29-32(2)25-20-24(35-3)17-18-26(25)36-29)37-30(33)31-23-15-13-22(14-16-23)12-11-21-9-7-6-8-10-21/h6-18,20H,4-5,19H2,1-3H3/b12-11+,29-27+,31-30?. The third-order valence-corrected chi connectivity index (χ3v) is 8.65. The summed E-state index contributed by atoms with van der Waals surface area (Å²) in [5, 5.41) is 1.67. The number of aliphatic imine (C=N–C) groups is 1. The summed E-state index contributed by atoms with van der Waals surface area (Å²) in [5.74, 6) is 0.825. The van der Waals surface area contributed by atoms with Gasteiger partial charge >= 0.3 is 0 Å². The summed E-state index contributed by atoms with van der Waals surface area (Å²) in [6.45, 7) is 2.79. The molecule has 188 valence electrons. The predicted octanol–water partition coefficient (Wildman–Crippen LogP) is 7.64. The van der Waals surface area contributed by atoms with Crippen molar-refractivity contribution in [1.29, 1.82) is 0 Å². The van der Waals surface area contributed by atoms with Gasteiger partial charge in [-0.15, -0.1) is 0 Å². The Kier molecular flexibility index (Phi) is 7.72. The lowest BCUT2D eigenvalue weighted by Gasteiger charge is -2.16. The molecule has 5 nitrogen and oxygen atoms in total. The fourth-order valence-corrected chi connectivity index (χ4v) is 6.46. The number of carbonyl (C=O) groups excluding carboxylic acids is 1. The molecule has 2 heterocycles. The van der Waals surface area contributed by atoms with E-state index in [1.54, 1.807) is 18.9 Å². The van der Waals surface area contributed by atoms with Gasteiger partial charge in [0.05, 0.1) is 23.5 Å². The van der Waals surface area contributed by atoms with E-state index in [9.17, 15) is 4.79 Å². The molecule has 0 radical (unpaired) electrons. The van der Waals surface area contributed by atoms with E-state index in [0.717, 1.165) is 61.1 Å². The van der Waals surface area contributed by atoms with Crippen LogP contribution in [0, 0.1) is 0 Å². The van der Waals surface area contributed by atoms with Gasteiger partial charge in [0.15, 0.2) is 5.17 Å². The molecule has 0 unspecified atom stereocenters. The first-order valence-electron chi connectivity index (χ1n) is 12.3. The molecule has 37 heavy (non-hydrogen) atoms. The largest absolute Gasteiger partial charge is 0.497 e. The predicted molar refractivity (Wildman–Crippen MR) is 157 cm³/mol. The second-order valence-electron chi connectivity index (χ2n) is 8.77. The minimum atomic E-state index is 0.0220. The van der Waals surface area contributed by atoms with Crippen LogP contribution in [-0.4, -0.2) is 36.7 Å². The highest BCUT2D eigenvalue weighted by molar-refractivity contribution is 8.19. The number of anilines is 1. The number of unbranched alkanes of at least 4 members (excludes halogenated alkanes) is 1. The number of nitrogens with zero attached hydrogens (tertiary/aromatic N) is 3. The molecule has 3 aromatic rings. The molecule has 0 spiro atoms. The minimum Gasteiger partial charge on any atom is -0.497 e. The number of methoxy groups -OCH3 is 1. The Bertz CT molecular complexity index is 1380. The van der Waals surface area contributed by atoms with E-state index >= 15 is 0 Å². The van der Waals surface area contributed by atoms with Gasteiger partial charge in [0.2, 0.25) is 0 Å². The number of fused-ring (bicyclic) bond motifs is 1. The first kappa shape index (κ1) is 25.2. The lowest BCUT2D eigenvalue weighted by molar-refractivity contribution is -0.122. The van der Waals surface area contributed by atoms with Crippen LogP contribution in [0.5, 0.6) is 5.75 Å². The van der Waals surface area contributed by atoms with E-state index in [1.807, 2.05) is 60.5 Å². The molecule has 3 aromatic carbocycles. The van der Waals surface area contributed by atoms with Crippen molar-refractivity contribution in [2.75, 3.05) is 25.6 Å². The molecule has 0 aliphatic carbocycles. The molecule has 0 aromatic heterocycles. The van der Waals surface area contributed by atoms with Crippen molar-refractivity contribution in [2.24, 2.45) is 4.99 Å². The fourth-order valence-electron chi connectivity index (χ4n) is 4.11. The molecule has 1 fully saturated rings. The van der Waals surface area contributed by atoms with Crippen LogP contribution in [-0.2, 0) is 4.79 Å². The summed E-state index contributed by atoms with van der Waals surface area (Å²) in [5.41, 5.74) is 4.14. The summed E-state index contributed by atoms with van der Waals surface area (Å²) in [7, 11) is 3.67. The normalized spacial score (nSPS) is 18.4. The summed E-state index contributed by atoms with van der Waals surface area (Å²) in [6, 6.07) is 24.4. The monoisotopic (exact) mass is 527 g/mol. The molecule has 0 saturated carbocycles. The number of amidine groups is 1. The Hall–Kier alpha value is -3.42. The van der Waals surface area contributed by atoms with Crippen LogP contribution < -0.4 is 9.64 Å². The van der Waals surface area contributed by atoms with Gasteiger partial charge < -0.3 is 9.64 Å². The quantitative estimate of drug-likeness (QED) is 0.233. The molecular weight excluding hydrogens is 498 g/mol. The van der Waals surface area contributed by atoms with Crippen molar-refractivity contribution >= 4 is 58.1 Å². The van der Waals surface area contributed by atoms with Gasteiger partial charge in [-0.2, -0.15) is 0 Å². The van der Waals surface area contributed by atoms with Crippen LogP contribution in [0.4, 0.5) is 11.4 Å². The van der Waals surface area contributed by atoms with Crippen molar-refractivity contribution in [3.05, 3.63) is 93.9 Å². The van der Waals surface area contributed by atoms with Crippen LogP contribution in [0.1, 0.15) is 30.9 Å². The molecule has 0 N–H and O–H groups in total. The molecule has 0 bridgehead atoms. The lowest BCUT2D eigenvalue weighted by Crippen LogP contribution is -2.30. The highest BCUT2D eigenvalue weighted by Crippen LogP contribution is 2.51. The Balaban J connectivity index is 1.41. The second kappa shape index (κ2) is 11.3.